The number of rotatable bonds is 4. The van der Waals surface area contributed by atoms with Gasteiger partial charge in [0, 0.05) is 11.8 Å². The summed E-state index contributed by atoms with van der Waals surface area (Å²) in [6.45, 7) is 0. The van der Waals surface area contributed by atoms with Gasteiger partial charge in [-0.15, -0.1) is 0 Å². The van der Waals surface area contributed by atoms with Crippen LogP contribution in [0.1, 0.15) is 11.1 Å². The fourth-order valence-electron chi connectivity index (χ4n) is 11.5. The average molecular weight is 757 g/mol. The standard InChI is InChI=1S/C60H36/c1-3-12-35(13-4-1)40-19-8-21-42(30-40)55-51-33-48-45-29-28-39-27-26-38-16-7-23-44-32-50(58(45)57(39)53(38)44)49(48)34-52(51)56(43-22-9-20-41(31-43)36-14-5-2-6-15-36)60-47-25-11-18-37-17-10-24-46(54(37)47)59(55)60/h1-34,37,54H. The second-order valence-corrected chi connectivity index (χ2v) is 17.1. The molecule has 0 saturated heterocycles. The fourth-order valence-corrected chi connectivity index (χ4v) is 11.5. The predicted molar refractivity (Wildman–Crippen MR) is 255 cm³/mol. The van der Waals surface area contributed by atoms with Crippen molar-refractivity contribution in [2.45, 2.75) is 0 Å². The molecule has 10 aromatic carbocycles. The highest BCUT2D eigenvalue weighted by atomic mass is 14.4. The Kier molecular flexibility index (Phi) is 6.49. The Balaban J connectivity index is 1.16. The Hall–Kier alpha value is -7.54. The van der Waals surface area contributed by atoms with Crippen LogP contribution >= 0.6 is 0 Å². The van der Waals surface area contributed by atoms with Gasteiger partial charge in [-0.25, -0.2) is 0 Å². The smallest absolute Gasteiger partial charge is 0.0200 e. The molecular formula is C60H36. The zero-order valence-electron chi connectivity index (χ0n) is 32.8. The van der Waals surface area contributed by atoms with E-state index in [0.29, 0.717) is 5.92 Å². The monoisotopic (exact) mass is 756 g/mol. The third kappa shape index (κ3) is 4.35. The van der Waals surface area contributed by atoms with Crippen LogP contribution in [0.5, 0.6) is 0 Å². The van der Waals surface area contributed by atoms with Gasteiger partial charge < -0.3 is 0 Å². The summed E-state index contributed by atoms with van der Waals surface area (Å²) in [5.41, 5.74) is 21.1. The van der Waals surface area contributed by atoms with E-state index in [1.54, 1.807) is 0 Å². The minimum Gasteiger partial charge on any atom is -0.0767 e. The van der Waals surface area contributed by atoms with Gasteiger partial charge in [0.15, 0.2) is 0 Å². The lowest BCUT2D eigenvalue weighted by Gasteiger charge is -2.26. The zero-order chi connectivity index (χ0) is 39.1. The Bertz CT molecular complexity index is 3630. The summed E-state index contributed by atoms with van der Waals surface area (Å²) < 4.78 is 0. The number of fused-ring (bicyclic) bond motifs is 7. The van der Waals surface area contributed by atoms with Gasteiger partial charge in [0.05, 0.1) is 0 Å². The number of allylic oxidation sites excluding steroid dienone is 8. The zero-order valence-corrected chi connectivity index (χ0v) is 32.8. The third-order valence-electron chi connectivity index (χ3n) is 14.0. The van der Waals surface area contributed by atoms with Gasteiger partial charge in [-0.1, -0.05) is 176 Å². The van der Waals surface area contributed by atoms with Crippen molar-refractivity contribution < 1.29 is 0 Å². The van der Waals surface area contributed by atoms with Crippen LogP contribution in [0.25, 0.3) is 121 Å². The van der Waals surface area contributed by atoms with Crippen LogP contribution in [-0.2, 0) is 0 Å². The lowest BCUT2D eigenvalue weighted by atomic mass is 9.77. The van der Waals surface area contributed by atoms with Gasteiger partial charge in [0.1, 0.15) is 0 Å². The molecule has 2 atom stereocenters. The first-order valence-corrected chi connectivity index (χ1v) is 21.2. The molecule has 0 aromatic heterocycles. The second kappa shape index (κ2) is 12.0. The third-order valence-corrected chi connectivity index (χ3v) is 14.0. The van der Waals surface area contributed by atoms with Crippen LogP contribution in [0.3, 0.4) is 0 Å². The van der Waals surface area contributed by atoms with Crippen molar-refractivity contribution in [3.8, 4) is 66.8 Å². The molecule has 0 saturated carbocycles. The first-order chi connectivity index (χ1) is 29.8. The van der Waals surface area contributed by atoms with Crippen molar-refractivity contribution >= 4 is 54.2 Å². The van der Waals surface area contributed by atoms with Gasteiger partial charge in [0.2, 0.25) is 0 Å². The molecule has 0 bridgehead atoms. The number of benzene rings is 10. The maximum atomic E-state index is 2.58. The van der Waals surface area contributed by atoms with E-state index in [0.717, 1.165) is 0 Å². The molecule has 0 aliphatic heterocycles. The summed E-state index contributed by atoms with van der Waals surface area (Å²) in [7, 11) is 0. The molecule has 0 nitrogen and oxygen atoms in total. The molecule has 0 amide bonds. The minimum atomic E-state index is 0.276. The summed E-state index contributed by atoms with van der Waals surface area (Å²) in [6.07, 6.45) is 14.2. The SMILES string of the molecule is C1=CC2C=CC=C3c4c(c(-c5cccc(-c6ccccc6)c5)c5cc6c(cc5c4-c4cccc(-c5ccccc5)c4)-c4cc5cccc7ccc8ccc-6c4c8c75)C(=C1)C32. The highest BCUT2D eigenvalue weighted by Crippen LogP contribution is 2.62. The molecule has 0 radical (unpaired) electrons. The van der Waals surface area contributed by atoms with E-state index in [9.17, 15) is 0 Å². The molecule has 0 fully saturated rings. The van der Waals surface area contributed by atoms with E-state index in [4.69, 9.17) is 0 Å². The second-order valence-electron chi connectivity index (χ2n) is 17.1. The van der Waals surface area contributed by atoms with Crippen molar-refractivity contribution in [2.75, 3.05) is 0 Å². The van der Waals surface area contributed by atoms with Crippen molar-refractivity contribution in [1.29, 1.82) is 0 Å². The van der Waals surface area contributed by atoms with Crippen LogP contribution < -0.4 is 0 Å². The minimum absolute atomic E-state index is 0.276. The average Bonchev–Trinajstić information content (AvgIpc) is 3.81. The quantitative estimate of drug-likeness (QED) is 0.157. The highest BCUT2D eigenvalue weighted by Gasteiger charge is 2.42. The van der Waals surface area contributed by atoms with Gasteiger partial charge in [0.25, 0.3) is 0 Å². The van der Waals surface area contributed by atoms with Gasteiger partial charge in [-0.05, 0) is 162 Å². The predicted octanol–water partition coefficient (Wildman–Crippen LogP) is 16.2. The van der Waals surface area contributed by atoms with Crippen LogP contribution in [0, 0.1) is 11.8 Å². The number of hydrogen-bond donors (Lipinski definition) is 0. The highest BCUT2D eigenvalue weighted by molar-refractivity contribution is 6.33. The van der Waals surface area contributed by atoms with E-state index in [2.05, 4.69) is 206 Å². The topological polar surface area (TPSA) is 0 Å². The molecule has 4 aliphatic carbocycles. The van der Waals surface area contributed by atoms with Crippen molar-refractivity contribution in [3.05, 3.63) is 217 Å². The normalized spacial score (nSPS) is 16.7. The molecule has 0 N–H and O–H groups in total. The van der Waals surface area contributed by atoms with E-state index in [1.807, 2.05) is 0 Å². The summed E-state index contributed by atoms with van der Waals surface area (Å²) in [5.74, 6) is 0.597. The van der Waals surface area contributed by atoms with Crippen molar-refractivity contribution in [2.24, 2.45) is 11.8 Å². The van der Waals surface area contributed by atoms with Gasteiger partial charge in [-0.3, -0.25) is 0 Å². The molecule has 2 unspecified atom stereocenters. The lowest BCUT2D eigenvalue weighted by molar-refractivity contribution is 0.707. The Labute approximate surface area is 348 Å². The molecule has 276 valence electrons. The Morgan fingerprint density at radius 2 is 0.800 bits per heavy atom. The van der Waals surface area contributed by atoms with Gasteiger partial charge in [-0.2, -0.15) is 0 Å². The van der Waals surface area contributed by atoms with Crippen molar-refractivity contribution in [1.82, 2.24) is 0 Å². The maximum absolute atomic E-state index is 2.58. The molecule has 60 heavy (non-hydrogen) atoms. The summed E-state index contributed by atoms with van der Waals surface area (Å²) >= 11 is 0. The molecule has 0 heterocycles. The molecule has 14 rings (SSSR count). The van der Waals surface area contributed by atoms with Gasteiger partial charge >= 0.3 is 0 Å². The van der Waals surface area contributed by atoms with Crippen LogP contribution in [-0.4, -0.2) is 0 Å². The van der Waals surface area contributed by atoms with Crippen LogP contribution in [0.15, 0.2) is 206 Å². The molecule has 10 aromatic rings. The van der Waals surface area contributed by atoms with E-state index < -0.39 is 0 Å². The molecule has 0 heteroatoms. The van der Waals surface area contributed by atoms with E-state index in [1.165, 1.54) is 132 Å². The maximum Gasteiger partial charge on any atom is 0.0200 e. The Morgan fingerprint density at radius 3 is 1.42 bits per heavy atom. The first-order valence-electron chi connectivity index (χ1n) is 21.2. The molecule has 4 aliphatic rings. The molecule has 0 spiro atoms. The summed E-state index contributed by atoms with van der Waals surface area (Å²) in [6, 6.07) is 64.1. The fraction of sp³-hybridized carbons (Fsp3) is 0.0333. The number of hydrogen-bond acceptors (Lipinski definition) is 0. The van der Waals surface area contributed by atoms with Crippen molar-refractivity contribution in [3.63, 3.8) is 0 Å². The van der Waals surface area contributed by atoms with Crippen LogP contribution in [0.4, 0.5) is 0 Å². The van der Waals surface area contributed by atoms with E-state index >= 15 is 0 Å². The van der Waals surface area contributed by atoms with E-state index in [-0.39, 0.29) is 5.92 Å². The summed E-state index contributed by atoms with van der Waals surface area (Å²) in [4.78, 5) is 0. The first kappa shape index (κ1) is 32.4. The molecular weight excluding hydrogens is 721 g/mol. The lowest BCUT2D eigenvalue weighted by Crippen LogP contribution is -2.14. The van der Waals surface area contributed by atoms with Crippen LogP contribution in [0.2, 0.25) is 0 Å². The largest absolute Gasteiger partial charge is 0.0767 e. The Morgan fingerprint density at radius 1 is 0.300 bits per heavy atom. The summed E-state index contributed by atoms with van der Waals surface area (Å²) in [5, 5.41) is 10.7.